The predicted octanol–water partition coefficient (Wildman–Crippen LogP) is 3.56. The number of carbonyl (C=O) groups excluding carboxylic acids is 5. The minimum atomic E-state index is -1.11. The lowest BCUT2D eigenvalue weighted by atomic mass is 9.88. The Morgan fingerprint density at radius 2 is 1.61 bits per heavy atom. The predicted molar refractivity (Wildman–Crippen MR) is 213 cm³/mol. The van der Waals surface area contributed by atoms with Crippen LogP contribution in [0.4, 0.5) is 0 Å². The number of ketones is 1. The summed E-state index contributed by atoms with van der Waals surface area (Å²) in [5.74, 6) is -2.83. The third-order valence-corrected chi connectivity index (χ3v) is 10.3. The van der Waals surface area contributed by atoms with Gasteiger partial charge in [0.15, 0.2) is 0 Å². The fraction of sp³-hybridized carbons (Fsp3) is 0.419. The normalized spacial score (nSPS) is 17.1. The summed E-state index contributed by atoms with van der Waals surface area (Å²) in [5, 5.41) is 12.5. The highest BCUT2D eigenvalue weighted by Gasteiger charge is 2.43. The molecule has 2 aliphatic rings. The van der Waals surface area contributed by atoms with Gasteiger partial charge in [0.05, 0.1) is 42.8 Å². The van der Waals surface area contributed by atoms with Gasteiger partial charge in [-0.1, -0.05) is 93.6 Å². The topological polar surface area (TPSA) is 183 Å². The molecule has 0 saturated carbocycles. The first-order valence-corrected chi connectivity index (χ1v) is 19.4. The molecule has 56 heavy (non-hydrogen) atoms. The summed E-state index contributed by atoms with van der Waals surface area (Å²) in [6.07, 6.45) is 4.89. The van der Waals surface area contributed by atoms with Crippen LogP contribution in [0.2, 0.25) is 0 Å². The number of hydrogen-bond acceptors (Lipinski definition) is 8. The smallest absolute Gasteiger partial charge is 0.292 e. The number of aromatic amines is 1. The second-order valence-corrected chi connectivity index (χ2v) is 16.1. The Labute approximate surface area is 327 Å². The average Bonchev–Trinajstić information content (AvgIpc) is 3.62. The number of hydrazine groups is 1. The molecule has 1 fully saturated rings. The Balaban J connectivity index is 1.16. The Morgan fingerprint density at radius 1 is 0.875 bits per heavy atom. The number of ether oxygens (including phenoxy) is 1. The van der Waals surface area contributed by atoms with Crippen molar-refractivity contribution in [1.82, 2.24) is 37.1 Å². The highest BCUT2D eigenvalue weighted by molar-refractivity contribution is 6.45. The molecule has 0 spiro atoms. The molecule has 1 aliphatic carbocycles. The molecule has 6 rings (SSSR count). The van der Waals surface area contributed by atoms with E-state index in [2.05, 4.69) is 49.2 Å². The van der Waals surface area contributed by atoms with Gasteiger partial charge in [-0.15, -0.1) is 0 Å². The summed E-state index contributed by atoms with van der Waals surface area (Å²) in [7, 11) is 0. The lowest BCUT2D eigenvalue weighted by molar-refractivity contribution is -0.135. The summed E-state index contributed by atoms with van der Waals surface area (Å²) < 4.78 is 5.55. The first-order valence-electron chi connectivity index (χ1n) is 19.4. The van der Waals surface area contributed by atoms with Crippen LogP contribution in [-0.4, -0.2) is 78.3 Å². The molecule has 2 heterocycles. The highest BCUT2D eigenvalue weighted by Crippen LogP contribution is 2.29. The largest absolute Gasteiger partial charge is 0.377 e. The third-order valence-electron chi connectivity index (χ3n) is 10.3. The number of Topliss-reactive ketones (excluding diaryl/α,β-unsaturated/α-hetero) is 1. The third kappa shape index (κ3) is 10.5. The molecule has 296 valence electrons. The van der Waals surface area contributed by atoms with Crippen LogP contribution in [0.1, 0.15) is 79.5 Å². The summed E-state index contributed by atoms with van der Waals surface area (Å²) in [6, 6.07) is 23.0. The van der Waals surface area contributed by atoms with Crippen molar-refractivity contribution in [2.24, 2.45) is 5.41 Å². The summed E-state index contributed by atoms with van der Waals surface area (Å²) in [6.45, 7) is 6.56. The molecule has 1 aromatic heterocycles. The van der Waals surface area contributed by atoms with Crippen LogP contribution in [0.3, 0.4) is 0 Å². The standard InChI is InChI=1S/C43H53N7O6/c1-42(2,3)24-45-37(51)22-36(48-43(26-56-27-43)25-46-41(55)38(52)32-23-44-33-18-10-9-17-31(32)33)39(53)47-35(21-20-28-12-5-4-6-13-28)40(54)50-49-34-19-11-15-29-14-7-8-16-30(29)34/h4-10,12-14,16-18,23,34-36,44,48-49H,11,15,19-22,24-27H2,1-3H3,(H,45,51)(H,46,55)(H,47,53)(H,50,54)/t34-,35+,36+/m1/s1. The molecule has 1 saturated heterocycles. The number of para-hydroxylation sites is 1. The molecule has 13 nitrogen and oxygen atoms in total. The Bertz CT molecular complexity index is 2020. The summed E-state index contributed by atoms with van der Waals surface area (Å²) in [4.78, 5) is 70.9. The molecule has 0 bridgehead atoms. The number of amides is 4. The van der Waals surface area contributed by atoms with E-state index in [1.165, 1.54) is 11.8 Å². The van der Waals surface area contributed by atoms with Gasteiger partial charge < -0.3 is 25.7 Å². The zero-order chi connectivity index (χ0) is 39.7. The van der Waals surface area contributed by atoms with E-state index in [0.29, 0.717) is 24.8 Å². The number of benzene rings is 3. The number of H-pyrrole nitrogens is 1. The lowest BCUT2D eigenvalue weighted by Crippen LogP contribution is -2.70. The molecule has 4 amide bonds. The number of fused-ring (bicyclic) bond motifs is 2. The van der Waals surface area contributed by atoms with Crippen LogP contribution in [0.25, 0.3) is 10.9 Å². The average molecular weight is 764 g/mol. The SMILES string of the molecule is CC(C)(C)CNC(=O)C[C@H](NC1(CNC(=O)C(=O)c2c[nH]c3ccccc23)COC1)C(=O)N[C@@H](CCc1ccccc1)C(=O)NN[C@@H]1CCCc2ccccc21. The molecule has 3 atom stereocenters. The Hall–Kier alpha value is -5.37. The maximum Gasteiger partial charge on any atom is 0.292 e. The molecule has 13 heteroatoms. The van der Waals surface area contributed by atoms with Gasteiger partial charge in [-0.2, -0.15) is 0 Å². The van der Waals surface area contributed by atoms with E-state index in [-0.39, 0.29) is 49.1 Å². The summed E-state index contributed by atoms with van der Waals surface area (Å²) in [5.41, 5.74) is 9.32. The van der Waals surface area contributed by atoms with E-state index in [4.69, 9.17) is 4.74 Å². The molecule has 0 radical (unpaired) electrons. The van der Waals surface area contributed by atoms with Crippen molar-refractivity contribution >= 4 is 40.3 Å². The van der Waals surface area contributed by atoms with E-state index in [1.807, 2.05) is 75.4 Å². The van der Waals surface area contributed by atoms with Crippen molar-refractivity contribution in [3.63, 3.8) is 0 Å². The summed E-state index contributed by atoms with van der Waals surface area (Å²) >= 11 is 0. The molecule has 4 aromatic rings. The van der Waals surface area contributed by atoms with Crippen LogP contribution in [0, 0.1) is 5.41 Å². The molecule has 1 aliphatic heterocycles. The maximum atomic E-state index is 14.3. The number of nitrogens with one attached hydrogen (secondary N) is 7. The van der Waals surface area contributed by atoms with Gasteiger partial charge in [0, 0.05) is 30.2 Å². The van der Waals surface area contributed by atoms with Gasteiger partial charge in [-0.3, -0.25) is 34.7 Å². The number of aromatic nitrogens is 1. The molecular formula is C43H53N7O6. The maximum absolute atomic E-state index is 14.3. The highest BCUT2D eigenvalue weighted by atomic mass is 16.5. The second kappa shape index (κ2) is 18.1. The fourth-order valence-electron chi connectivity index (χ4n) is 7.14. The lowest BCUT2D eigenvalue weighted by Gasteiger charge is -2.44. The first kappa shape index (κ1) is 40.3. The van der Waals surface area contributed by atoms with Gasteiger partial charge in [-0.25, -0.2) is 5.43 Å². The van der Waals surface area contributed by atoms with Gasteiger partial charge in [0.1, 0.15) is 6.04 Å². The van der Waals surface area contributed by atoms with Crippen LogP contribution in [0.5, 0.6) is 0 Å². The zero-order valence-corrected chi connectivity index (χ0v) is 32.3. The van der Waals surface area contributed by atoms with E-state index < -0.39 is 41.1 Å². The quantitative estimate of drug-likeness (QED) is 0.0484. The second-order valence-electron chi connectivity index (χ2n) is 16.1. The number of aryl methyl sites for hydroxylation is 2. The number of rotatable bonds is 17. The van der Waals surface area contributed by atoms with Crippen LogP contribution in [0.15, 0.2) is 85.1 Å². The van der Waals surface area contributed by atoms with Crippen molar-refractivity contribution in [2.75, 3.05) is 26.3 Å². The first-order chi connectivity index (χ1) is 26.9. The van der Waals surface area contributed by atoms with E-state index >= 15 is 0 Å². The van der Waals surface area contributed by atoms with Crippen molar-refractivity contribution in [3.8, 4) is 0 Å². The van der Waals surface area contributed by atoms with Gasteiger partial charge >= 0.3 is 0 Å². The number of carbonyl (C=O) groups is 5. The van der Waals surface area contributed by atoms with Crippen molar-refractivity contribution < 1.29 is 28.7 Å². The van der Waals surface area contributed by atoms with Crippen molar-refractivity contribution in [3.05, 3.63) is 107 Å². The molecular weight excluding hydrogens is 711 g/mol. The minimum Gasteiger partial charge on any atom is -0.377 e. The molecule has 3 aromatic carbocycles. The van der Waals surface area contributed by atoms with Crippen LogP contribution < -0.4 is 32.1 Å². The van der Waals surface area contributed by atoms with Crippen LogP contribution in [-0.2, 0) is 36.8 Å². The van der Waals surface area contributed by atoms with E-state index in [0.717, 1.165) is 35.9 Å². The van der Waals surface area contributed by atoms with Gasteiger partial charge in [0.25, 0.3) is 17.6 Å². The monoisotopic (exact) mass is 763 g/mol. The zero-order valence-electron chi connectivity index (χ0n) is 32.3. The number of hydrogen-bond donors (Lipinski definition) is 7. The Kier molecular flexibility index (Phi) is 13.0. The molecule has 0 unspecified atom stereocenters. The van der Waals surface area contributed by atoms with E-state index in [9.17, 15) is 24.0 Å². The Morgan fingerprint density at radius 3 is 2.36 bits per heavy atom. The van der Waals surface area contributed by atoms with Crippen molar-refractivity contribution in [1.29, 1.82) is 0 Å². The van der Waals surface area contributed by atoms with Crippen molar-refractivity contribution in [2.45, 2.75) is 83.0 Å². The fourth-order valence-corrected chi connectivity index (χ4v) is 7.14. The molecule has 7 N–H and O–H groups in total. The van der Waals surface area contributed by atoms with Gasteiger partial charge in [-0.05, 0) is 60.3 Å². The van der Waals surface area contributed by atoms with Crippen LogP contribution >= 0.6 is 0 Å². The minimum absolute atomic E-state index is 0.0436. The van der Waals surface area contributed by atoms with E-state index in [1.54, 1.807) is 12.1 Å². The van der Waals surface area contributed by atoms with Gasteiger partial charge in [0.2, 0.25) is 11.8 Å².